The summed E-state index contributed by atoms with van der Waals surface area (Å²) in [6.07, 6.45) is 2.60. The van der Waals surface area contributed by atoms with Gasteiger partial charge >= 0.3 is 0 Å². The van der Waals surface area contributed by atoms with E-state index < -0.39 is 5.24 Å². The predicted octanol–water partition coefficient (Wildman–Crippen LogP) is 2.18. The average molecular weight is 213 g/mol. The van der Waals surface area contributed by atoms with Gasteiger partial charge in [0.25, 0.3) is 0 Å². The third-order valence-electron chi connectivity index (χ3n) is 1.63. The van der Waals surface area contributed by atoms with Crippen molar-refractivity contribution in [2.75, 3.05) is 7.11 Å². The zero-order valence-corrected chi connectivity index (χ0v) is 8.28. The fraction of sp³-hybridized carbons (Fsp3) is 0.100. The van der Waals surface area contributed by atoms with Crippen LogP contribution in [0.5, 0.6) is 11.5 Å². The second kappa shape index (κ2) is 4.67. The number of methoxy groups -OCH3 is 1. The number of carbonyl (C=O) groups excluding carboxylic acids is 1. The summed E-state index contributed by atoms with van der Waals surface area (Å²) in [7, 11) is 1.51. The molecule has 1 aromatic carbocycles. The molecule has 0 amide bonds. The Balaban J connectivity index is 2.94. The molecule has 4 heteroatoms. The van der Waals surface area contributed by atoms with Gasteiger partial charge < -0.3 is 9.84 Å². The van der Waals surface area contributed by atoms with Crippen molar-refractivity contribution in [3.05, 3.63) is 29.8 Å². The Morgan fingerprint density at radius 3 is 2.79 bits per heavy atom. The SMILES string of the molecule is COc1ccc(/C=C/C(=O)Cl)c(O)c1. The van der Waals surface area contributed by atoms with Crippen LogP contribution in [-0.2, 0) is 4.79 Å². The summed E-state index contributed by atoms with van der Waals surface area (Å²) >= 11 is 5.11. The highest BCUT2D eigenvalue weighted by Gasteiger charge is 1.99. The van der Waals surface area contributed by atoms with Gasteiger partial charge in [-0.3, -0.25) is 4.79 Å². The molecule has 0 aromatic heterocycles. The van der Waals surface area contributed by atoms with Crippen LogP contribution in [0, 0.1) is 0 Å². The molecular formula is C10H9ClO3. The normalized spacial score (nSPS) is 10.4. The molecule has 1 rings (SSSR count). The van der Waals surface area contributed by atoms with Crippen LogP contribution in [0.15, 0.2) is 24.3 Å². The van der Waals surface area contributed by atoms with Gasteiger partial charge in [-0.25, -0.2) is 0 Å². The van der Waals surface area contributed by atoms with E-state index in [0.717, 1.165) is 0 Å². The maximum atomic E-state index is 10.4. The number of carbonyl (C=O) groups is 1. The Hall–Kier alpha value is -1.48. The van der Waals surface area contributed by atoms with Crippen LogP contribution in [0.3, 0.4) is 0 Å². The van der Waals surface area contributed by atoms with Crippen molar-refractivity contribution < 1.29 is 14.6 Å². The minimum absolute atomic E-state index is 0.0403. The summed E-state index contributed by atoms with van der Waals surface area (Å²) in [5.74, 6) is 0.593. The van der Waals surface area contributed by atoms with Crippen molar-refractivity contribution in [2.24, 2.45) is 0 Å². The van der Waals surface area contributed by atoms with Gasteiger partial charge in [-0.05, 0) is 35.9 Å². The molecule has 1 N–H and O–H groups in total. The van der Waals surface area contributed by atoms with Gasteiger partial charge in [-0.2, -0.15) is 0 Å². The van der Waals surface area contributed by atoms with Gasteiger partial charge in [0.15, 0.2) is 0 Å². The van der Waals surface area contributed by atoms with E-state index in [4.69, 9.17) is 16.3 Å². The lowest BCUT2D eigenvalue weighted by molar-refractivity contribution is -0.107. The van der Waals surface area contributed by atoms with E-state index in [0.29, 0.717) is 11.3 Å². The van der Waals surface area contributed by atoms with Crippen LogP contribution in [0.4, 0.5) is 0 Å². The molecule has 0 spiro atoms. The molecule has 74 valence electrons. The molecule has 0 aliphatic rings. The van der Waals surface area contributed by atoms with Gasteiger partial charge in [0.2, 0.25) is 5.24 Å². The average Bonchev–Trinajstić information content (AvgIpc) is 2.15. The zero-order chi connectivity index (χ0) is 10.6. The number of allylic oxidation sites excluding steroid dienone is 1. The zero-order valence-electron chi connectivity index (χ0n) is 7.53. The molecule has 14 heavy (non-hydrogen) atoms. The molecule has 0 aliphatic heterocycles. The molecule has 0 saturated heterocycles. The van der Waals surface area contributed by atoms with E-state index in [1.165, 1.54) is 25.3 Å². The molecule has 1 aromatic rings. The van der Waals surface area contributed by atoms with Gasteiger partial charge in [0.05, 0.1) is 7.11 Å². The molecule has 0 saturated carbocycles. The number of benzene rings is 1. The lowest BCUT2D eigenvalue weighted by atomic mass is 10.2. The monoisotopic (exact) mass is 212 g/mol. The molecule has 0 aliphatic carbocycles. The Kier molecular flexibility index (Phi) is 3.54. The Morgan fingerprint density at radius 2 is 2.29 bits per heavy atom. The molecule has 0 atom stereocenters. The van der Waals surface area contributed by atoms with E-state index in [2.05, 4.69) is 0 Å². The number of hydrogen-bond acceptors (Lipinski definition) is 3. The summed E-state index contributed by atoms with van der Waals surface area (Å²) in [5.41, 5.74) is 0.514. The largest absolute Gasteiger partial charge is 0.507 e. The number of hydrogen-bond donors (Lipinski definition) is 1. The lowest BCUT2D eigenvalue weighted by Crippen LogP contribution is -1.83. The smallest absolute Gasteiger partial charge is 0.245 e. The standard InChI is InChI=1S/C10H9ClO3/c1-14-8-4-2-7(9(12)6-8)3-5-10(11)13/h2-6,12H,1H3/b5-3+. The third kappa shape index (κ3) is 2.78. The van der Waals surface area contributed by atoms with Crippen LogP contribution < -0.4 is 4.74 Å². The topological polar surface area (TPSA) is 46.5 Å². The van der Waals surface area contributed by atoms with Crippen molar-refractivity contribution in [2.45, 2.75) is 0 Å². The van der Waals surface area contributed by atoms with Crippen molar-refractivity contribution in [1.82, 2.24) is 0 Å². The molecule has 0 bridgehead atoms. The summed E-state index contributed by atoms with van der Waals surface area (Å²) < 4.78 is 4.90. The second-order valence-corrected chi connectivity index (χ2v) is 2.93. The Bertz CT molecular complexity index is 372. The fourth-order valence-electron chi connectivity index (χ4n) is 0.947. The van der Waals surface area contributed by atoms with Gasteiger partial charge in [-0.1, -0.05) is 0 Å². The highest BCUT2D eigenvalue weighted by Crippen LogP contribution is 2.24. The predicted molar refractivity (Wildman–Crippen MR) is 54.6 cm³/mol. The van der Waals surface area contributed by atoms with Crippen LogP contribution in [0.2, 0.25) is 0 Å². The first-order valence-electron chi connectivity index (χ1n) is 3.88. The van der Waals surface area contributed by atoms with E-state index in [1.54, 1.807) is 12.1 Å². The number of halogens is 1. The third-order valence-corrected chi connectivity index (χ3v) is 1.76. The highest BCUT2D eigenvalue weighted by molar-refractivity contribution is 6.66. The first-order chi connectivity index (χ1) is 6.63. The highest BCUT2D eigenvalue weighted by atomic mass is 35.5. The maximum absolute atomic E-state index is 10.4. The number of rotatable bonds is 3. The van der Waals surface area contributed by atoms with Gasteiger partial charge in [-0.15, -0.1) is 0 Å². The quantitative estimate of drug-likeness (QED) is 0.617. The minimum atomic E-state index is -0.583. The number of phenols is 1. The lowest BCUT2D eigenvalue weighted by Gasteiger charge is -2.02. The minimum Gasteiger partial charge on any atom is -0.507 e. The molecule has 3 nitrogen and oxygen atoms in total. The summed E-state index contributed by atoms with van der Waals surface area (Å²) in [6, 6.07) is 4.76. The van der Waals surface area contributed by atoms with Gasteiger partial charge in [0, 0.05) is 11.6 Å². The first kappa shape index (κ1) is 10.6. The van der Waals surface area contributed by atoms with Crippen molar-refractivity contribution in [1.29, 1.82) is 0 Å². The first-order valence-corrected chi connectivity index (χ1v) is 4.26. The van der Waals surface area contributed by atoms with Crippen LogP contribution in [0.1, 0.15) is 5.56 Å². The summed E-state index contributed by atoms with van der Waals surface area (Å²) in [5, 5.41) is 8.87. The summed E-state index contributed by atoms with van der Waals surface area (Å²) in [4.78, 5) is 10.4. The van der Waals surface area contributed by atoms with Crippen LogP contribution in [0.25, 0.3) is 6.08 Å². The van der Waals surface area contributed by atoms with Crippen molar-refractivity contribution in [3.63, 3.8) is 0 Å². The molecule has 0 unspecified atom stereocenters. The Labute approximate surface area is 86.6 Å². The number of aromatic hydroxyl groups is 1. The molecular weight excluding hydrogens is 204 g/mol. The molecule has 0 heterocycles. The fourth-order valence-corrected chi connectivity index (χ4v) is 1.01. The van der Waals surface area contributed by atoms with E-state index in [-0.39, 0.29) is 5.75 Å². The van der Waals surface area contributed by atoms with Crippen molar-refractivity contribution >= 4 is 22.9 Å². The number of ether oxygens (including phenoxy) is 1. The molecule has 0 radical (unpaired) electrons. The van der Waals surface area contributed by atoms with E-state index in [1.807, 2.05) is 0 Å². The summed E-state index contributed by atoms with van der Waals surface area (Å²) in [6.45, 7) is 0. The van der Waals surface area contributed by atoms with Crippen molar-refractivity contribution in [3.8, 4) is 11.5 Å². The Morgan fingerprint density at radius 1 is 1.57 bits per heavy atom. The van der Waals surface area contributed by atoms with Gasteiger partial charge in [0.1, 0.15) is 11.5 Å². The van der Waals surface area contributed by atoms with Crippen LogP contribution in [-0.4, -0.2) is 17.5 Å². The maximum Gasteiger partial charge on any atom is 0.245 e. The van der Waals surface area contributed by atoms with E-state index in [9.17, 15) is 9.90 Å². The molecule has 0 fully saturated rings. The van der Waals surface area contributed by atoms with E-state index >= 15 is 0 Å². The van der Waals surface area contributed by atoms with Crippen LogP contribution >= 0.6 is 11.6 Å². The second-order valence-electron chi connectivity index (χ2n) is 2.56. The number of phenolic OH excluding ortho intramolecular Hbond substituents is 1.